The number of aromatic nitrogens is 1. The Kier molecular flexibility index (Phi) is 8.09. The molecule has 1 saturated heterocycles. The van der Waals surface area contributed by atoms with Crippen LogP contribution in [0.3, 0.4) is 0 Å². The number of nitrogens with one attached hydrogen (secondary N) is 1. The van der Waals surface area contributed by atoms with E-state index in [9.17, 15) is 4.79 Å². The molecule has 2 aromatic rings. The van der Waals surface area contributed by atoms with Crippen LogP contribution in [0.1, 0.15) is 19.0 Å². The molecular weight excluding hydrogens is 398 g/mol. The van der Waals surface area contributed by atoms with Crippen molar-refractivity contribution in [2.75, 3.05) is 39.5 Å². The Morgan fingerprint density at radius 3 is 2.79 bits per heavy atom. The summed E-state index contributed by atoms with van der Waals surface area (Å²) in [6.45, 7) is 7.94. The Bertz CT molecular complexity index is 826. The van der Waals surface area contributed by atoms with E-state index in [0.717, 1.165) is 62.0 Å². The molecule has 0 saturated carbocycles. The van der Waals surface area contributed by atoms with Gasteiger partial charge in [0.25, 0.3) is 0 Å². The number of nitrogens with zero attached hydrogens (tertiary/aromatic N) is 2. The molecule has 2 heterocycles. The predicted octanol–water partition coefficient (Wildman–Crippen LogP) is 1.85. The Morgan fingerprint density at radius 1 is 1.32 bits per heavy atom. The highest BCUT2D eigenvalue weighted by molar-refractivity contribution is 7.07. The van der Waals surface area contributed by atoms with E-state index in [2.05, 4.69) is 4.57 Å². The highest BCUT2D eigenvalue weighted by atomic mass is 35.5. The first-order valence-electron chi connectivity index (χ1n) is 9.70. The van der Waals surface area contributed by atoms with Crippen molar-refractivity contribution in [1.82, 2.24) is 4.57 Å². The molecule has 0 radical (unpaired) electrons. The van der Waals surface area contributed by atoms with E-state index in [1.165, 1.54) is 0 Å². The molecule has 1 aromatic heterocycles. The molecular formula is C20H27ClN3O3S+. The molecule has 6 nitrogen and oxygen atoms in total. The van der Waals surface area contributed by atoms with Gasteiger partial charge in [-0.1, -0.05) is 11.6 Å². The monoisotopic (exact) mass is 424 g/mol. The molecule has 28 heavy (non-hydrogen) atoms. The third-order valence-corrected chi connectivity index (χ3v) is 5.84. The van der Waals surface area contributed by atoms with Crippen molar-refractivity contribution in [3.63, 3.8) is 0 Å². The van der Waals surface area contributed by atoms with E-state index in [1.54, 1.807) is 16.2 Å². The zero-order valence-electron chi connectivity index (χ0n) is 16.2. The fourth-order valence-electron chi connectivity index (χ4n) is 3.22. The number of rotatable bonds is 8. The second-order valence-electron chi connectivity index (χ2n) is 6.70. The molecule has 3 rings (SSSR count). The van der Waals surface area contributed by atoms with E-state index in [0.29, 0.717) is 11.6 Å². The van der Waals surface area contributed by atoms with E-state index >= 15 is 0 Å². The first kappa shape index (κ1) is 21.0. The first-order chi connectivity index (χ1) is 13.7. The van der Waals surface area contributed by atoms with Gasteiger partial charge >= 0.3 is 5.97 Å². The van der Waals surface area contributed by atoms with Gasteiger partial charge in [-0.05, 0) is 31.2 Å². The summed E-state index contributed by atoms with van der Waals surface area (Å²) in [6, 6.07) is 7.46. The van der Waals surface area contributed by atoms with Gasteiger partial charge in [0.1, 0.15) is 13.1 Å². The molecule has 1 fully saturated rings. The standard InChI is InChI=1S/C20H26ClN3O3S/c1-2-27-19(25)14-18-15-28-20(22-17-6-4-16(21)5-7-17)24(18)9-3-8-23-10-12-26-13-11-23/h4-7,15H,2-3,8-14H2,1H3/p+1. The number of carbonyl (C=O) groups is 1. The van der Waals surface area contributed by atoms with Crippen molar-refractivity contribution in [3.05, 3.63) is 45.2 Å². The molecule has 0 spiro atoms. The quantitative estimate of drug-likeness (QED) is 0.658. The Labute approximate surface area is 174 Å². The lowest BCUT2D eigenvalue weighted by atomic mass is 10.3. The predicted molar refractivity (Wildman–Crippen MR) is 110 cm³/mol. The Morgan fingerprint density at radius 2 is 2.07 bits per heavy atom. The van der Waals surface area contributed by atoms with E-state index in [4.69, 9.17) is 26.1 Å². The fourth-order valence-corrected chi connectivity index (χ4v) is 4.29. The number of esters is 1. The number of thiazole rings is 1. The summed E-state index contributed by atoms with van der Waals surface area (Å²) in [7, 11) is 0. The SMILES string of the molecule is CCOC(=O)Cc1csc(=Nc2ccc(Cl)cc2)n1CCC[NH+]1CCOCC1. The van der Waals surface area contributed by atoms with Crippen molar-refractivity contribution in [1.29, 1.82) is 0 Å². The van der Waals surface area contributed by atoms with Crippen molar-refractivity contribution < 1.29 is 19.2 Å². The molecule has 1 aliphatic rings. The summed E-state index contributed by atoms with van der Waals surface area (Å²) in [5, 5.41) is 2.70. The van der Waals surface area contributed by atoms with Crippen LogP contribution in [-0.4, -0.2) is 50.0 Å². The van der Waals surface area contributed by atoms with Crippen molar-refractivity contribution in [3.8, 4) is 0 Å². The first-order valence-corrected chi connectivity index (χ1v) is 11.0. The molecule has 0 atom stereocenters. The normalized spacial score (nSPS) is 15.7. The van der Waals surface area contributed by atoms with Gasteiger partial charge < -0.3 is 18.9 Å². The van der Waals surface area contributed by atoms with Gasteiger partial charge in [-0.15, -0.1) is 11.3 Å². The summed E-state index contributed by atoms with van der Waals surface area (Å²) in [6.07, 6.45) is 1.29. The van der Waals surface area contributed by atoms with Gasteiger partial charge in [-0.3, -0.25) is 4.79 Å². The van der Waals surface area contributed by atoms with E-state index in [1.807, 2.05) is 36.6 Å². The summed E-state index contributed by atoms with van der Waals surface area (Å²) in [5.74, 6) is -0.203. The smallest absolute Gasteiger partial charge is 0.311 e. The van der Waals surface area contributed by atoms with Crippen LogP contribution in [0.5, 0.6) is 0 Å². The van der Waals surface area contributed by atoms with Crippen LogP contribution in [0.4, 0.5) is 5.69 Å². The highest BCUT2D eigenvalue weighted by Crippen LogP contribution is 2.16. The van der Waals surface area contributed by atoms with Gasteiger partial charge in [-0.2, -0.15) is 0 Å². The van der Waals surface area contributed by atoms with Crippen LogP contribution in [0.25, 0.3) is 0 Å². The molecule has 0 bridgehead atoms. The Balaban J connectivity index is 1.77. The second-order valence-corrected chi connectivity index (χ2v) is 7.97. The number of ether oxygens (including phenoxy) is 2. The number of halogens is 1. The molecule has 152 valence electrons. The molecule has 0 aliphatic carbocycles. The highest BCUT2D eigenvalue weighted by Gasteiger charge is 2.15. The zero-order chi connectivity index (χ0) is 19.8. The molecule has 8 heteroatoms. The van der Waals surface area contributed by atoms with Crippen LogP contribution < -0.4 is 9.70 Å². The van der Waals surface area contributed by atoms with Crippen molar-refractivity contribution in [2.24, 2.45) is 4.99 Å². The van der Waals surface area contributed by atoms with Crippen LogP contribution in [-0.2, 0) is 27.2 Å². The molecule has 0 unspecified atom stereocenters. The summed E-state index contributed by atoms with van der Waals surface area (Å²) in [5.41, 5.74) is 1.80. The van der Waals surface area contributed by atoms with Crippen LogP contribution in [0, 0.1) is 0 Å². The number of benzene rings is 1. The lowest BCUT2D eigenvalue weighted by molar-refractivity contribution is -0.908. The van der Waals surface area contributed by atoms with E-state index in [-0.39, 0.29) is 12.4 Å². The largest absolute Gasteiger partial charge is 0.466 e. The number of carbonyl (C=O) groups excluding carboxylic acids is 1. The number of morpholine rings is 1. The van der Waals surface area contributed by atoms with Crippen LogP contribution in [0.2, 0.25) is 5.02 Å². The second kappa shape index (κ2) is 10.8. The van der Waals surface area contributed by atoms with Crippen LogP contribution >= 0.6 is 22.9 Å². The zero-order valence-corrected chi connectivity index (χ0v) is 17.7. The third-order valence-electron chi connectivity index (χ3n) is 4.67. The number of quaternary nitrogens is 1. The topological polar surface area (TPSA) is 57.3 Å². The average Bonchev–Trinajstić information content (AvgIpc) is 3.06. The Hall–Kier alpha value is -1.67. The fraction of sp³-hybridized carbons (Fsp3) is 0.500. The maximum absolute atomic E-state index is 12.0. The average molecular weight is 425 g/mol. The summed E-state index contributed by atoms with van der Waals surface area (Å²) in [4.78, 5) is 19.2. The minimum atomic E-state index is -0.203. The van der Waals surface area contributed by atoms with Gasteiger partial charge in [-0.25, -0.2) is 4.99 Å². The molecule has 1 N–H and O–H groups in total. The molecule has 1 aromatic carbocycles. The van der Waals surface area contributed by atoms with Crippen molar-refractivity contribution >= 4 is 34.6 Å². The van der Waals surface area contributed by atoms with E-state index < -0.39 is 0 Å². The number of hydrogen-bond acceptors (Lipinski definition) is 5. The molecule has 0 amide bonds. The van der Waals surface area contributed by atoms with Gasteiger partial charge in [0, 0.05) is 29.1 Å². The van der Waals surface area contributed by atoms with Crippen molar-refractivity contribution in [2.45, 2.75) is 26.3 Å². The lowest BCUT2D eigenvalue weighted by Crippen LogP contribution is -3.14. The minimum absolute atomic E-state index is 0.203. The lowest BCUT2D eigenvalue weighted by Gasteiger charge is -2.23. The van der Waals surface area contributed by atoms with Gasteiger partial charge in [0.2, 0.25) is 0 Å². The third kappa shape index (κ3) is 6.17. The number of hydrogen-bond donors (Lipinski definition) is 1. The maximum Gasteiger partial charge on any atom is 0.311 e. The maximum atomic E-state index is 12.0. The summed E-state index contributed by atoms with van der Waals surface area (Å²) < 4.78 is 12.7. The molecule has 1 aliphatic heterocycles. The summed E-state index contributed by atoms with van der Waals surface area (Å²) >= 11 is 7.52. The van der Waals surface area contributed by atoms with Gasteiger partial charge in [0.15, 0.2) is 4.80 Å². The minimum Gasteiger partial charge on any atom is -0.466 e. The van der Waals surface area contributed by atoms with Gasteiger partial charge in [0.05, 0.1) is 38.5 Å². The van der Waals surface area contributed by atoms with Crippen LogP contribution in [0.15, 0.2) is 34.6 Å².